The number of hydrazone groups is 1. The van der Waals surface area contributed by atoms with Gasteiger partial charge in [0.1, 0.15) is 0 Å². The summed E-state index contributed by atoms with van der Waals surface area (Å²) in [5, 5.41) is 35.2. The predicted molar refractivity (Wildman–Crippen MR) is 109 cm³/mol. The first-order valence-corrected chi connectivity index (χ1v) is 11.3. The maximum atomic E-state index is 11.8. The summed E-state index contributed by atoms with van der Waals surface area (Å²) in [4.78, 5) is 1.97. The normalized spacial score (nSPS) is 20.8. The highest BCUT2D eigenvalue weighted by molar-refractivity contribution is 7.88. The molecule has 0 amide bonds. The number of rotatable bonds is 6. The number of sulfonamides is 1. The number of hydrogen-bond acceptors (Lipinski definition) is 8. The molecule has 0 aromatic heterocycles. The average Bonchev–Trinajstić information content (AvgIpc) is 2.72. The number of anilines is 1. The SMILES string of the molecule is CS(=O)(=O)N1CCN(C2=CC(CCCO)=NN(c3ccc(C#N)cc3)C2O)CC1. The molecule has 2 aliphatic heterocycles. The molecule has 156 valence electrons. The van der Waals surface area contributed by atoms with E-state index in [1.165, 1.54) is 15.6 Å². The van der Waals surface area contributed by atoms with Crippen molar-refractivity contribution in [1.29, 1.82) is 5.26 Å². The van der Waals surface area contributed by atoms with E-state index < -0.39 is 16.3 Å². The molecule has 1 aromatic rings. The van der Waals surface area contributed by atoms with Crippen LogP contribution in [0.2, 0.25) is 0 Å². The van der Waals surface area contributed by atoms with Gasteiger partial charge in [0.2, 0.25) is 10.0 Å². The molecule has 9 nitrogen and oxygen atoms in total. The molecule has 1 saturated heterocycles. The fourth-order valence-electron chi connectivity index (χ4n) is 3.39. The Labute approximate surface area is 170 Å². The fourth-order valence-corrected chi connectivity index (χ4v) is 4.22. The number of aliphatic hydroxyl groups is 2. The van der Waals surface area contributed by atoms with Crippen molar-refractivity contribution in [3.8, 4) is 6.07 Å². The maximum absolute atomic E-state index is 11.8. The second-order valence-corrected chi connectivity index (χ2v) is 9.00. The second kappa shape index (κ2) is 8.92. The molecule has 0 spiro atoms. The van der Waals surface area contributed by atoms with Gasteiger partial charge in [-0.25, -0.2) is 13.4 Å². The van der Waals surface area contributed by atoms with Crippen LogP contribution in [-0.4, -0.2) is 78.8 Å². The van der Waals surface area contributed by atoms with E-state index in [0.717, 1.165) is 0 Å². The minimum Gasteiger partial charge on any atom is -0.396 e. The van der Waals surface area contributed by atoms with E-state index >= 15 is 0 Å². The van der Waals surface area contributed by atoms with E-state index in [1.54, 1.807) is 24.3 Å². The van der Waals surface area contributed by atoms with Gasteiger partial charge in [0.25, 0.3) is 0 Å². The largest absolute Gasteiger partial charge is 0.396 e. The fraction of sp³-hybridized carbons (Fsp3) is 0.474. The Morgan fingerprint density at radius 2 is 1.86 bits per heavy atom. The molecule has 2 N–H and O–H groups in total. The van der Waals surface area contributed by atoms with Crippen molar-refractivity contribution in [1.82, 2.24) is 9.21 Å². The number of hydrogen-bond donors (Lipinski definition) is 2. The van der Waals surface area contributed by atoms with E-state index in [4.69, 9.17) is 10.4 Å². The number of nitriles is 1. The Morgan fingerprint density at radius 3 is 2.41 bits per heavy atom. The third kappa shape index (κ3) is 4.94. The predicted octanol–water partition coefficient (Wildman–Crippen LogP) is 0.286. The molecule has 2 heterocycles. The van der Waals surface area contributed by atoms with Gasteiger partial charge >= 0.3 is 0 Å². The number of nitrogens with zero attached hydrogens (tertiary/aromatic N) is 5. The van der Waals surface area contributed by atoms with Crippen molar-refractivity contribution in [2.75, 3.05) is 44.1 Å². The first kappa shape index (κ1) is 21.3. The average molecular weight is 420 g/mol. The minimum absolute atomic E-state index is 0.0364. The molecule has 0 bridgehead atoms. The van der Waals surface area contributed by atoms with Crippen LogP contribution in [0.4, 0.5) is 5.69 Å². The Balaban J connectivity index is 1.85. The molecule has 1 unspecified atom stereocenters. The molecular weight excluding hydrogens is 394 g/mol. The summed E-state index contributed by atoms with van der Waals surface area (Å²) < 4.78 is 25.0. The lowest BCUT2D eigenvalue weighted by Crippen LogP contribution is -2.51. The van der Waals surface area contributed by atoms with Crippen LogP contribution in [0, 0.1) is 11.3 Å². The van der Waals surface area contributed by atoms with Crippen LogP contribution >= 0.6 is 0 Å². The zero-order valence-corrected chi connectivity index (χ0v) is 17.1. The Hall–Kier alpha value is -2.45. The lowest BCUT2D eigenvalue weighted by molar-refractivity contribution is 0.135. The third-order valence-corrected chi connectivity index (χ3v) is 6.27. The summed E-state index contributed by atoms with van der Waals surface area (Å²) in [5.41, 5.74) is 2.51. The van der Waals surface area contributed by atoms with Gasteiger partial charge in [-0.05, 0) is 43.2 Å². The van der Waals surface area contributed by atoms with Crippen LogP contribution < -0.4 is 5.01 Å². The molecular formula is C19H25N5O4S. The topological polar surface area (TPSA) is 120 Å². The molecule has 1 fully saturated rings. The van der Waals surface area contributed by atoms with Crippen LogP contribution in [0.25, 0.3) is 0 Å². The monoisotopic (exact) mass is 419 g/mol. The van der Waals surface area contributed by atoms with Crippen molar-refractivity contribution >= 4 is 21.4 Å². The van der Waals surface area contributed by atoms with E-state index in [0.29, 0.717) is 61.7 Å². The standard InChI is InChI=1S/C19H25N5O4S/c1-29(27,28)23-10-8-22(9-11-23)18-13-16(3-2-12-25)21-24(19(18)26)17-6-4-15(14-20)5-7-17/h4-7,13,19,25-26H,2-3,8-12H2,1H3. The molecule has 1 atom stereocenters. The third-order valence-electron chi connectivity index (χ3n) is 4.97. The quantitative estimate of drug-likeness (QED) is 0.680. The Bertz CT molecular complexity index is 928. The highest BCUT2D eigenvalue weighted by Crippen LogP contribution is 2.27. The van der Waals surface area contributed by atoms with Gasteiger partial charge in [0.15, 0.2) is 6.23 Å². The first-order chi connectivity index (χ1) is 13.8. The molecule has 10 heteroatoms. The van der Waals surface area contributed by atoms with E-state index in [9.17, 15) is 13.5 Å². The van der Waals surface area contributed by atoms with Gasteiger partial charge in [-0.15, -0.1) is 0 Å². The summed E-state index contributed by atoms with van der Waals surface area (Å²) in [7, 11) is -3.24. The summed E-state index contributed by atoms with van der Waals surface area (Å²) in [6.07, 6.45) is 3.07. The van der Waals surface area contributed by atoms with Gasteiger partial charge in [0.05, 0.1) is 35.0 Å². The molecule has 0 radical (unpaired) electrons. The minimum atomic E-state index is -3.24. The highest BCUT2D eigenvalue weighted by Gasteiger charge is 2.32. The summed E-state index contributed by atoms with van der Waals surface area (Å²) in [6, 6.07) is 8.83. The van der Waals surface area contributed by atoms with Crippen molar-refractivity contribution in [2.45, 2.75) is 19.1 Å². The molecule has 1 aromatic carbocycles. The molecule has 3 rings (SSSR count). The zero-order valence-electron chi connectivity index (χ0n) is 16.3. The van der Waals surface area contributed by atoms with Crippen LogP contribution in [0.1, 0.15) is 18.4 Å². The van der Waals surface area contributed by atoms with Gasteiger partial charge in [-0.3, -0.25) is 0 Å². The number of piperazine rings is 1. The number of allylic oxidation sites excluding steroid dienone is 1. The Kier molecular flexibility index (Phi) is 6.54. The van der Waals surface area contributed by atoms with Crippen LogP contribution in [-0.2, 0) is 10.0 Å². The van der Waals surface area contributed by atoms with Gasteiger partial charge in [0, 0.05) is 32.8 Å². The number of aliphatic hydroxyl groups excluding tert-OH is 2. The van der Waals surface area contributed by atoms with Crippen LogP contribution in [0.5, 0.6) is 0 Å². The van der Waals surface area contributed by atoms with E-state index in [2.05, 4.69) is 11.2 Å². The van der Waals surface area contributed by atoms with Crippen molar-refractivity contribution in [2.24, 2.45) is 5.10 Å². The molecule has 2 aliphatic rings. The second-order valence-electron chi connectivity index (χ2n) is 7.01. The molecule has 0 aliphatic carbocycles. The lowest BCUT2D eigenvalue weighted by Gasteiger charge is -2.41. The van der Waals surface area contributed by atoms with Gasteiger partial charge < -0.3 is 15.1 Å². The summed E-state index contributed by atoms with van der Waals surface area (Å²) in [5.74, 6) is 0. The van der Waals surface area contributed by atoms with E-state index in [1.807, 2.05) is 11.0 Å². The number of benzene rings is 1. The van der Waals surface area contributed by atoms with Crippen LogP contribution in [0.3, 0.4) is 0 Å². The smallest absolute Gasteiger partial charge is 0.211 e. The van der Waals surface area contributed by atoms with E-state index in [-0.39, 0.29) is 6.61 Å². The maximum Gasteiger partial charge on any atom is 0.211 e. The van der Waals surface area contributed by atoms with Gasteiger partial charge in [-0.2, -0.15) is 14.7 Å². The molecule has 0 saturated carbocycles. The first-order valence-electron chi connectivity index (χ1n) is 9.41. The Morgan fingerprint density at radius 1 is 1.21 bits per heavy atom. The summed E-state index contributed by atoms with van der Waals surface area (Å²) >= 11 is 0. The van der Waals surface area contributed by atoms with Crippen LogP contribution in [0.15, 0.2) is 41.1 Å². The van der Waals surface area contributed by atoms with Crippen molar-refractivity contribution in [3.63, 3.8) is 0 Å². The summed E-state index contributed by atoms with van der Waals surface area (Å²) in [6.45, 7) is 1.66. The lowest BCUT2D eigenvalue weighted by atomic mass is 10.1. The van der Waals surface area contributed by atoms with Crippen molar-refractivity contribution in [3.05, 3.63) is 41.6 Å². The van der Waals surface area contributed by atoms with Crippen molar-refractivity contribution < 1.29 is 18.6 Å². The van der Waals surface area contributed by atoms with Gasteiger partial charge in [-0.1, -0.05) is 0 Å². The zero-order chi connectivity index (χ0) is 21.0. The highest BCUT2D eigenvalue weighted by atomic mass is 32.2. The molecule has 29 heavy (non-hydrogen) atoms.